The number of ether oxygens (including phenoxy) is 2. The van der Waals surface area contributed by atoms with Crippen molar-refractivity contribution in [3.8, 4) is 11.5 Å². The van der Waals surface area contributed by atoms with Crippen molar-refractivity contribution in [2.45, 2.75) is 33.0 Å². The van der Waals surface area contributed by atoms with Crippen LogP contribution in [0.1, 0.15) is 31.1 Å². The second-order valence-electron chi connectivity index (χ2n) is 6.79. The van der Waals surface area contributed by atoms with Crippen molar-refractivity contribution < 1.29 is 9.47 Å². The molecule has 134 valence electrons. The maximum Gasteiger partial charge on any atom is 0.231 e. The summed E-state index contributed by atoms with van der Waals surface area (Å²) < 4.78 is 13.3. The van der Waals surface area contributed by atoms with Gasteiger partial charge >= 0.3 is 0 Å². The van der Waals surface area contributed by atoms with Gasteiger partial charge in [-0.15, -0.1) is 0 Å². The van der Waals surface area contributed by atoms with Crippen LogP contribution in [-0.4, -0.2) is 52.3 Å². The third kappa shape index (κ3) is 3.37. The first kappa shape index (κ1) is 16.4. The van der Waals surface area contributed by atoms with Crippen LogP contribution in [0.15, 0.2) is 30.7 Å². The van der Waals surface area contributed by atoms with Crippen LogP contribution in [0, 0.1) is 0 Å². The molecular weight excluding hydrogens is 316 g/mol. The molecule has 4 rings (SSSR count). The molecule has 0 radical (unpaired) electrons. The van der Waals surface area contributed by atoms with E-state index in [-0.39, 0.29) is 0 Å². The molecular formula is C19H26N4O2. The number of benzene rings is 1. The predicted octanol–water partition coefficient (Wildman–Crippen LogP) is 2.51. The molecule has 0 unspecified atom stereocenters. The van der Waals surface area contributed by atoms with E-state index in [1.807, 2.05) is 18.6 Å². The first-order valence-corrected chi connectivity index (χ1v) is 9.10. The number of hydrogen-bond donors (Lipinski definition) is 0. The first-order chi connectivity index (χ1) is 12.3. The molecule has 0 bridgehead atoms. The lowest BCUT2D eigenvalue weighted by molar-refractivity contribution is 0.143. The largest absolute Gasteiger partial charge is 0.454 e. The number of nitrogens with zero attached hydrogens (tertiary/aromatic N) is 4. The molecule has 6 nitrogen and oxygen atoms in total. The fourth-order valence-corrected chi connectivity index (χ4v) is 3.81. The lowest BCUT2D eigenvalue weighted by atomic mass is 10.1. The zero-order valence-electron chi connectivity index (χ0n) is 15.0. The van der Waals surface area contributed by atoms with E-state index in [1.54, 1.807) is 0 Å². The van der Waals surface area contributed by atoms with Gasteiger partial charge in [-0.2, -0.15) is 0 Å². The number of aromatic nitrogens is 2. The highest BCUT2D eigenvalue weighted by Gasteiger charge is 2.26. The second-order valence-corrected chi connectivity index (χ2v) is 6.79. The average molecular weight is 342 g/mol. The summed E-state index contributed by atoms with van der Waals surface area (Å²) in [5.41, 5.74) is 2.56. The fourth-order valence-electron chi connectivity index (χ4n) is 3.81. The molecule has 0 fully saturated rings. The second kappa shape index (κ2) is 7.06. The van der Waals surface area contributed by atoms with Crippen LogP contribution >= 0.6 is 0 Å². The standard InChI is InChI=1S/C19H26N4O2/c1-3-21(4-2)11-17-12-22(10-16-8-20-13-23(16)17)9-15-5-6-18-19(7-15)25-14-24-18/h5-8,13,17H,3-4,9-12,14H2,1-2H3/t17-/m0/s1. The Kier molecular flexibility index (Phi) is 4.63. The molecule has 25 heavy (non-hydrogen) atoms. The first-order valence-electron chi connectivity index (χ1n) is 9.10. The van der Waals surface area contributed by atoms with Crippen LogP contribution in [0.2, 0.25) is 0 Å². The normalized spacial score (nSPS) is 19.4. The quantitative estimate of drug-likeness (QED) is 0.807. The average Bonchev–Trinajstić information content (AvgIpc) is 3.27. The van der Waals surface area contributed by atoms with E-state index in [0.29, 0.717) is 12.8 Å². The summed E-state index contributed by atoms with van der Waals surface area (Å²) in [5, 5.41) is 0. The van der Waals surface area contributed by atoms with Crippen molar-refractivity contribution in [3.63, 3.8) is 0 Å². The minimum Gasteiger partial charge on any atom is -0.454 e. The Morgan fingerprint density at radius 1 is 1.20 bits per heavy atom. The molecule has 6 heteroatoms. The van der Waals surface area contributed by atoms with Crippen molar-refractivity contribution in [3.05, 3.63) is 42.0 Å². The Hall–Kier alpha value is -2.05. The maximum atomic E-state index is 5.51. The molecule has 3 heterocycles. The van der Waals surface area contributed by atoms with Crippen LogP contribution in [0.25, 0.3) is 0 Å². The van der Waals surface area contributed by atoms with Crippen LogP contribution in [-0.2, 0) is 13.1 Å². The van der Waals surface area contributed by atoms with Crippen molar-refractivity contribution in [2.75, 3.05) is 33.0 Å². The number of hydrogen-bond acceptors (Lipinski definition) is 5. The molecule has 0 saturated carbocycles. The molecule has 2 aliphatic rings. The molecule has 2 aliphatic heterocycles. The molecule has 1 aromatic carbocycles. The van der Waals surface area contributed by atoms with Gasteiger partial charge < -0.3 is 18.9 Å². The van der Waals surface area contributed by atoms with Crippen LogP contribution in [0.4, 0.5) is 0 Å². The zero-order valence-corrected chi connectivity index (χ0v) is 15.0. The van der Waals surface area contributed by atoms with Crippen LogP contribution in [0.5, 0.6) is 11.5 Å². The van der Waals surface area contributed by atoms with E-state index >= 15 is 0 Å². The molecule has 0 saturated heterocycles. The van der Waals surface area contributed by atoms with Gasteiger partial charge in [0.2, 0.25) is 6.79 Å². The summed E-state index contributed by atoms with van der Waals surface area (Å²) in [7, 11) is 0. The Bertz CT molecular complexity index is 726. The Labute approximate surface area is 149 Å². The van der Waals surface area contributed by atoms with Gasteiger partial charge in [0.25, 0.3) is 0 Å². The number of rotatable bonds is 6. The lowest BCUT2D eigenvalue weighted by Crippen LogP contribution is -2.42. The molecule has 0 spiro atoms. The lowest BCUT2D eigenvalue weighted by Gasteiger charge is -2.36. The molecule has 1 atom stereocenters. The third-order valence-electron chi connectivity index (χ3n) is 5.20. The van der Waals surface area contributed by atoms with E-state index < -0.39 is 0 Å². The Balaban J connectivity index is 1.49. The zero-order chi connectivity index (χ0) is 17.2. The van der Waals surface area contributed by atoms with E-state index in [4.69, 9.17) is 9.47 Å². The van der Waals surface area contributed by atoms with Crippen molar-refractivity contribution in [1.82, 2.24) is 19.4 Å². The van der Waals surface area contributed by atoms with E-state index in [0.717, 1.165) is 50.8 Å². The minimum absolute atomic E-state index is 0.327. The molecule has 0 amide bonds. The third-order valence-corrected chi connectivity index (χ3v) is 5.20. The molecule has 2 aromatic rings. The van der Waals surface area contributed by atoms with Crippen molar-refractivity contribution >= 4 is 0 Å². The van der Waals surface area contributed by atoms with Crippen molar-refractivity contribution in [2.24, 2.45) is 0 Å². The van der Waals surface area contributed by atoms with Crippen LogP contribution in [0.3, 0.4) is 0 Å². The highest BCUT2D eigenvalue weighted by atomic mass is 16.7. The topological polar surface area (TPSA) is 42.8 Å². The smallest absolute Gasteiger partial charge is 0.231 e. The summed E-state index contributed by atoms with van der Waals surface area (Å²) in [6, 6.07) is 6.70. The monoisotopic (exact) mass is 342 g/mol. The highest BCUT2D eigenvalue weighted by Crippen LogP contribution is 2.33. The maximum absolute atomic E-state index is 5.51. The Morgan fingerprint density at radius 2 is 2.04 bits per heavy atom. The minimum atomic E-state index is 0.327. The van der Waals surface area contributed by atoms with Gasteiger partial charge in [-0.05, 0) is 30.8 Å². The van der Waals surface area contributed by atoms with E-state index in [9.17, 15) is 0 Å². The molecule has 0 aliphatic carbocycles. The van der Waals surface area contributed by atoms with Gasteiger partial charge in [-0.1, -0.05) is 19.9 Å². The van der Waals surface area contributed by atoms with Crippen LogP contribution < -0.4 is 9.47 Å². The molecule has 1 aromatic heterocycles. The number of imidazole rings is 1. The SMILES string of the molecule is CCN(CC)C[C@H]1CN(Cc2ccc3c(c2)OCO3)Cc2cncn21. The summed E-state index contributed by atoms with van der Waals surface area (Å²) in [6.07, 6.45) is 3.99. The van der Waals surface area contributed by atoms with Gasteiger partial charge in [0.15, 0.2) is 11.5 Å². The van der Waals surface area contributed by atoms with E-state index in [1.165, 1.54) is 11.3 Å². The summed E-state index contributed by atoms with van der Waals surface area (Å²) in [4.78, 5) is 9.37. The van der Waals surface area contributed by atoms with Gasteiger partial charge in [0, 0.05) is 32.4 Å². The number of fused-ring (bicyclic) bond motifs is 2. The van der Waals surface area contributed by atoms with Gasteiger partial charge in [-0.3, -0.25) is 4.90 Å². The highest BCUT2D eigenvalue weighted by molar-refractivity contribution is 5.44. The predicted molar refractivity (Wildman–Crippen MR) is 95.7 cm³/mol. The summed E-state index contributed by atoms with van der Waals surface area (Å²) in [5.74, 6) is 1.71. The van der Waals surface area contributed by atoms with Gasteiger partial charge in [-0.25, -0.2) is 4.98 Å². The molecule has 0 N–H and O–H groups in total. The summed E-state index contributed by atoms with van der Waals surface area (Å²) >= 11 is 0. The fraction of sp³-hybridized carbons (Fsp3) is 0.526. The van der Waals surface area contributed by atoms with Gasteiger partial charge in [0.1, 0.15) is 0 Å². The van der Waals surface area contributed by atoms with Crippen molar-refractivity contribution in [1.29, 1.82) is 0 Å². The van der Waals surface area contributed by atoms with Gasteiger partial charge in [0.05, 0.1) is 18.1 Å². The number of likely N-dealkylation sites (N-methyl/N-ethyl adjacent to an activating group) is 1. The Morgan fingerprint density at radius 3 is 2.88 bits per heavy atom. The van der Waals surface area contributed by atoms with E-state index in [2.05, 4.69) is 45.3 Å². The summed E-state index contributed by atoms with van der Waals surface area (Å²) in [6.45, 7) is 10.9.